The predicted octanol–water partition coefficient (Wildman–Crippen LogP) is 2.41. The highest BCUT2D eigenvalue weighted by Gasteiger charge is 2.17. The number of benzene rings is 1. The Morgan fingerprint density at radius 2 is 2.04 bits per heavy atom. The summed E-state index contributed by atoms with van der Waals surface area (Å²) in [5.74, 6) is 0.0534. The number of hydrogen-bond acceptors (Lipinski definition) is 5. The third-order valence-electron chi connectivity index (χ3n) is 2.96. The molecule has 0 fully saturated rings. The normalized spacial score (nSPS) is 11.0. The molecule has 1 amide bonds. The van der Waals surface area contributed by atoms with Crippen molar-refractivity contribution in [3.63, 3.8) is 0 Å². The number of amides is 1. The van der Waals surface area contributed by atoms with Crippen molar-refractivity contribution >= 4 is 23.2 Å². The molecule has 0 aliphatic carbocycles. The molecular formula is C16H16ClN3O3. The van der Waals surface area contributed by atoms with E-state index >= 15 is 0 Å². The molecule has 1 N–H and O–H groups in total. The maximum absolute atomic E-state index is 12.0. The Labute approximate surface area is 139 Å². The number of carbonyl (C=O) groups is 1. The van der Waals surface area contributed by atoms with Crippen molar-refractivity contribution in [2.24, 2.45) is 5.16 Å². The first-order valence-corrected chi connectivity index (χ1v) is 7.20. The lowest BCUT2D eigenvalue weighted by atomic mass is 10.0. The van der Waals surface area contributed by atoms with E-state index in [0.717, 1.165) is 5.56 Å². The number of pyridine rings is 1. The molecule has 1 aromatic carbocycles. The number of ether oxygens (including phenoxy) is 1. The molecular weight excluding hydrogens is 318 g/mol. The van der Waals surface area contributed by atoms with Crippen LogP contribution >= 0.6 is 11.6 Å². The van der Waals surface area contributed by atoms with Crippen molar-refractivity contribution in [1.82, 2.24) is 10.3 Å². The number of likely N-dealkylation sites (N-methyl/N-ethyl adjacent to an activating group) is 1. The molecule has 1 heterocycles. The number of rotatable bonds is 6. The lowest BCUT2D eigenvalue weighted by molar-refractivity contribution is -0.114. The fourth-order valence-electron chi connectivity index (χ4n) is 1.92. The zero-order chi connectivity index (χ0) is 16.7. The molecule has 0 saturated heterocycles. The molecule has 0 unspecified atom stereocenters. The highest BCUT2D eigenvalue weighted by molar-refractivity contribution is 6.45. The minimum atomic E-state index is -0.347. The fraction of sp³-hybridized carbons (Fsp3) is 0.188. The highest BCUT2D eigenvalue weighted by atomic mass is 35.5. The van der Waals surface area contributed by atoms with E-state index in [1.54, 1.807) is 24.3 Å². The van der Waals surface area contributed by atoms with Gasteiger partial charge in [-0.25, -0.2) is 4.98 Å². The summed E-state index contributed by atoms with van der Waals surface area (Å²) < 4.78 is 5.63. The first-order chi connectivity index (χ1) is 11.2. The van der Waals surface area contributed by atoms with Gasteiger partial charge >= 0.3 is 0 Å². The molecule has 0 aliphatic rings. The van der Waals surface area contributed by atoms with Crippen LogP contribution in [0.15, 0.2) is 47.6 Å². The van der Waals surface area contributed by atoms with E-state index < -0.39 is 0 Å². The molecule has 7 heteroatoms. The summed E-state index contributed by atoms with van der Waals surface area (Å²) in [6.45, 7) is 0.212. The van der Waals surface area contributed by atoms with E-state index in [1.165, 1.54) is 14.2 Å². The van der Waals surface area contributed by atoms with Gasteiger partial charge in [0.25, 0.3) is 5.91 Å². The minimum absolute atomic E-state index is 0.174. The van der Waals surface area contributed by atoms with Gasteiger partial charge in [0.2, 0.25) is 5.88 Å². The molecule has 0 atom stereocenters. The first-order valence-electron chi connectivity index (χ1n) is 6.82. The van der Waals surface area contributed by atoms with Gasteiger partial charge in [0.05, 0.1) is 0 Å². The van der Waals surface area contributed by atoms with Gasteiger partial charge in [0.1, 0.15) is 18.9 Å². The molecule has 23 heavy (non-hydrogen) atoms. The van der Waals surface area contributed by atoms with E-state index in [-0.39, 0.29) is 18.2 Å². The molecule has 1 aromatic heterocycles. The third kappa shape index (κ3) is 4.43. The summed E-state index contributed by atoms with van der Waals surface area (Å²) in [6, 6.07) is 12.4. The van der Waals surface area contributed by atoms with Gasteiger partial charge in [0.15, 0.2) is 5.71 Å². The topological polar surface area (TPSA) is 72.8 Å². The summed E-state index contributed by atoms with van der Waals surface area (Å²) in [5.41, 5.74) is 1.57. The van der Waals surface area contributed by atoms with Crippen LogP contribution in [0.25, 0.3) is 0 Å². The monoisotopic (exact) mass is 333 g/mol. The second kappa shape index (κ2) is 8.14. The van der Waals surface area contributed by atoms with Gasteiger partial charge in [-0.3, -0.25) is 4.79 Å². The van der Waals surface area contributed by atoms with Crippen molar-refractivity contribution in [2.45, 2.75) is 6.61 Å². The van der Waals surface area contributed by atoms with E-state index in [9.17, 15) is 4.79 Å². The van der Waals surface area contributed by atoms with Gasteiger partial charge in [-0.1, -0.05) is 47.1 Å². The number of nitrogens with zero attached hydrogens (tertiary/aromatic N) is 2. The second-order valence-corrected chi connectivity index (χ2v) is 4.83. The van der Waals surface area contributed by atoms with Crippen molar-refractivity contribution in [3.8, 4) is 5.88 Å². The highest BCUT2D eigenvalue weighted by Crippen LogP contribution is 2.16. The lowest BCUT2D eigenvalue weighted by Crippen LogP contribution is -2.29. The quantitative estimate of drug-likeness (QED) is 0.500. The largest absolute Gasteiger partial charge is 0.473 e. The molecule has 120 valence electrons. The maximum Gasteiger partial charge on any atom is 0.273 e. The number of hydrogen-bond donors (Lipinski definition) is 1. The molecule has 0 bridgehead atoms. The summed E-state index contributed by atoms with van der Waals surface area (Å²) >= 11 is 5.83. The van der Waals surface area contributed by atoms with Crippen LogP contribution in [0, 0.1) is 0 Å². The van der Waals surface area contributed by atoms with E-state index in [1.807, 2.05) is 18.2 Å². The third-order valence-corrected chi connectivity index (χ3v) is 3.17. The molecule has 2 rings (SSSR count). The van der Waals surface area contributed by atoms with Crippen LogP contribution in [0.2, 0.25) is 5.15 Å². The van der Waals surface area contributed by atoms with Gasteiger partial charge in [-0.05, 0) is 11.6 Å². The van der Waals surface area contributed by atoms with Crippen molar-refractivity contribution in [2.75, 3.05) is 14.2 Å². The fourth-order valence-corrected chi connectivity index (χ4v) is 2.08. The zero-order valence-electron chi connectivity index (χ0n) is 12.7. The van der Waals surface area contributed by atoms with Crippen molar-refractivity contribution in [3.05, 3.63) is 58.7 Å². The number of carbonyl (C=O) groups excluding carboxylic acids is 1. The molecule has 2 aromatic rings. The first kappa shape index (κ1) is 16.8. The molecule has 0 radical (unpaired) electrons. The average Bonchev–Trinajstić information content (AvgIpc) is 2.58. The summed E-state index contributed by atoms with van der Waals surface area (Å²) in [5, 5.41) is 6.69. The van der Waals surface area contributed by atoms with Crippen LogP contribution in [-0.2, 0) is 16.2 Å². The molecule has 0 spiro atoms. The van der Waals surface area contributed by atoms with Crippen LogP contribution in [0.5, 0.6) is 5.88 Å². The minimum Gasteiger partial charge on any atom is -0.473 e. The molecule has 0 saturated carbocycles. The number of aromatic nitrogens is 1. The average molecular weight is 334 g/mol. The predicted molar refractivity (Wildman–Crippen MR) is 87.6 cm³/mol. The standard InChI is InChI=1S/C16H16ClN3O3/c1-18-16(21)15(20-22-2)12-7-4-3-6-11(12)10-23-14-9-5-8-13(17)19-14/h3-9H,10H2,1-2H3,(H,18,21)/b20-15+. The maximum atomic E-state index is 12.0. The number of halogens is 1. The Morgan fingerprint density at radius 3 is 2.74 bits per heavy atom. The van der Waals surface area contributed by atoms with Crippen LogP contribution in [0.4, 0.5) is 0 Å². The van der Waals surface area contributed by atoms with Crippen LogP contribution in [0.3, 0.4) is 0 Å². The van der Waals surface area contributed by atoms with Crippen molar-refractivity contribution < 1.29 is 14.4 Å². The number of nitrogens with one attached hydrogen (secondary N) is 1. The van der Waals surface area contributed by atoms with Crippen LogP contribution in [-0.4, -0.2) is 30.8 Å². The smallest absolute Gasteiger partial charge is 0.273 e. The Morgan fingerprint density at radius 1 is 1.26 bits per heavy atom. The van der Waals surface area contributed by atoms with E-state index in [4.69, 9.17) is 21.2 Å². The Bertz CT molecular complexity index is 719. The second-order valence-electron chi connectivity index (χ2n) is 4.45. The summed E-state index contributed by atoms with van der Waals surface area (Å²) in [6.07, 6.45) is 0. The lowest BCUT2D eigenvalue weighted by Gasteiger charge is -2.11. The van der Waals surface area contributed by atoms with Gasteiger partial charge in [-0.2, -0.15) is 0 Å². The molecule has 6 nitrogen and oxygen atoms in total. The van der Waals surface area contributed by atoms with Crippen LogP contribution in [0.1, 0.15) is 11.1 Å². The Hall–Kier alpha value is -2.60. The summed E-state index contributed by atoms with van der Waals surface area (Å²) in [7, 11) is 2.92. The van der Waals surface area contributed by atoms with Gasteiger partial charge in [0, 0.05) is 18.7 Å². The zero-order valence-corrected chi connectivity index (χ0v) is 13.5. The van der Waals surface area contributed by atoms with Crippen molar-refractivity contribution in [1.29, 1.82) is 0 Å². The van der Waals surface area contributed by atoms with E-state index in [2.05, 4.69) is 15.5 Å². The van der Waals surface area contributed by atoms with Gasteiger partial charge < -0.3 is 14.9 Å². The molecule has 0 aliphatic heterocycles. The Kier molecular flexibility index (Phi) is 5.94. The van der Waals surface area contributed by atoms with Gasteiger partial charge in [-0.15, -0.1) is 0 Å². The summed E-state index contributed by atoms with van der Waals surface area (Å²) in [4.78, 5) is 20.8. The number of oxime groups is 1. The van der Waals surface area contributed by atoms with Crippen LogP contribution < -0.4 is 10.1 Å². The SMILES string of the molecule is CNC(=O)/C(=N/OC)c1ccccc1COc1cccc(Cl)n1. The Balaban J connectivity index is 2.26. The van der Waals surface area contributed by atoms with E-state index in [0.29, 0.717) is 16.6 Å².